The standard InChI is InChI=1S/C20H29F3N2O.2ClH/c21-20(22,23)16-2-1-3-19(14-16)26-18-9-12-25(13-10-18)11-8-15-4-6-17(24)7-5-15;;/h1-3,14-15,17-18H,4-13,24H2;2*1H. The van der Waals surface area contributed by atoms with Crippen LogP contribution in [0.25, 0.3) is 0 Å². The summed E-state index contributed by atoms with van der Waals surface area (Å²) in [6.45, 7) is 3.02. The van der Waals surface area contributed by atoms with Crippen molar-refractivity contribution in [1.29, 1.82) is 0 Å². The molecule has 1 aromatic carbocycles. The average Bonchev–Trinajstić information content (AvgIpc) is 2.62. The van der Waals surface area contributed by atoms with Gasteiger partial charge in [-0.25, -0.2) is 0 Å². The van der Waals surface area contributed by atoms with Gasteiger partial charge in [-0.2, -0.15) is 13.2 Å². The number of nitrogens with zero attached hydrogens (tertiary/aromatic N) is 1. The van der Waals surface area contributed by atoms with Gasteiger partial charge in [0.15, 0.2) is 0 Å². The van der Waals surface area contributed by atoms with Crippen LogP contribution in [-0.2, 0) is 6.18 Å². The molecule has 0 radical (unpaired) electrons. The fourth-order valence-corrected chi connectivity index (χ4v) is 4.03. The monoisotopic (exact) mass is 442 g/mol. The van der Waals surface area contributed by atoms with Crippen LogP contribution in [0.2, 0.25) is 0 Å². The summed E-state index contributed by atoms with van der Waals surface area (Å²) in [6, 6.07) is 5.59. The van der Waals surface area contributed by atoms with E-state index in [2.05, 4.69) is 4.90 Å². The highest BCUT2D eigenvalue weighted by molar-refractivity contribution is 5.85. The molecule has 0 amide bonds. The van der Waals surface area contributed by atoms with E-state index in [0.29, 0.717) is 11.8 Å². The predicted octanol–water partition coefficient (Wildman–Crippen LogP) is 5.30. The highest BCUT2D eigenvalue weighted by Gasteiger charge is 2.31. The maximum absolute atomic E-state index is 12.8. The van der Waals surface area contributed by atoms with Crippen molar-refractivity contribution in [3.05, 3.63) is 29.8 Å². The molecule has 1 aliphatic carbocycles. The summed E-state index contributed by atoms with van der Waals surface area (Å²) >= 11 is 0. The van der Waals surface area contributed by atoms with Crippen molar-refractivity contribution in [3.63, 3.8) is 0 Å². The molecule has 0 spiro atoms. The van der Waals surface area contributed by atoms with Gasteiger partial charge in [0.25, 0.3) is 0 Å². The zero-order valence-corrected chi connectivity index (χ0v) is 17.6. The van der Waals surface area contributed by atoms with Crippen LogP contribution in [0.4, 0.5) is 13.2 Å². The Balaban J connectivity index is 0.00000196. The van der Waals surface area contributed by atoms with Crippen molar-refractivity contribution >= 4 is 24.8 Å². The number of nitrogens with two attached hydrogens (primary N) is 1. The van der Waals surface area contributed by atoms with Gasteiger partial charge in [0.05, 0.1) is 5.56 Å². The number of piperidine rings is 1. The Morgan fingerprint density at radius 3 is 2.25 bits per heavy atom. The van der Waals surface area contributed by atoms with Crippen LogP contribution in [0.5, 0.6) is 5.75 Å². The van der Waals surface area contributed by atoms with Crippen molar-refractivity contribution in [2.45, 2.75) is 63.3 Å². The Bertz CT molecular complexity index is 573. The Kier molecular flexibility index (Phi) is 10.4. The summed E-state index contributed by atoms with van der Waals surface area (Å²) in [5, 5.41) is 0. The highest BCUT2D eigenvalue weighted by Crippen LogP contribution is 2.32. The maximum Gasteiger partial charge on any atom is 0.416 e. The Labute approximate surface area is 178 Å². The van der Waals surface area contributed by atoms with Gasteiger partial charge >= 0.3 is 6.18 Å². The molecule has 1 heterocycles. The third kappa shape index (κ3) is 7.62. The fraction of sp³-hybridized carbons (Fsp3) is 0.700. The third-order valence-electron chi connectivity index (χ3n) is 5.74. The quantitative estimate of drug-likeness (QED) is 0.671. The topological polar surface area (TPSA) is 38.5 Å². The number of halogens is 5. The maximum atomic E-state index is 12.8. The van der Waals surface area contributed by atoms with E-state index in [0.717, 1.165) is 63.4 Å². The second-order valence-electron chi connectivity index (χ2n) is 7.75. The van der Waals surface area contributed by atoms with E-state index in [1.807, 2.05) is 0 Å². The van der Waals surface area contributed by atoms with Gasteiger partial charge in [-0.1, -0.05) is 6.07 Å². The number of benzene rings is 1. The van der Waals surface area contributed by atoms with Gasteiger partial charge in [-0.15, -0.1) is 24.8 Å². The summed E-state index contributed by atoms with van der Waals surface area (Å²) < 4.78 is 44.2. The normalized spacial score (nSPS) is 24.1. The molecule has 2 aliphatic rings. The second-order valence-corrected chi connectivity index (χ2v) is 7.75. The van der Waals surface area contributed by atoms with Crippen LogP contribution < -0.4 is 10.5 Å². The summed E-state index contributed by atoms with van der Waals surface area (Å²) in [7, 11) is 0. The average molecular weight is 443 g/mol. The molecule has 0 unspecified atom stereocenters. The van der Waals surface area contributed by atoms with Crippen LogP contribution in [0.15, 0.2) is 24.3 Å². The number of hydrogen-bond donors (Lipinski definition) is 1. The van der Waals surface area contributed by atoms with E-state index < -0.39 is 11.7 Å². The highest BCUT2D eigenvalue weighted by atomic mass is 35.5. The molecule has 0 bridgehead atoms. The molecule has 1 saturated heterocycles. The lowest BCUT2D eigenvalue weighted by molar-refractivity contribution is -0.137. The first kappa shape index (κ1) is 25.3. The lowest BCUT2D eigenvalue weighted by atomic mass is 9.84. The van der Waals surface area contributed by atoms with Gasteiger partial charge < -0.3 is 15.4 Å². The zero-order valence-electron chi connectivity index (χ0n) is 16.0. The summed E-state index contributed by atoms with van der Waals surface area (Å²) in [5.74, 6) is 1.12. The number of alkyl halides is 3. The van der Waals surface area contributed by atoms with Gasteiger partial charge in [-0.3, -0.25) is 0 Å². The molecule has 162 valence electrons. The molecule has 1 saturated carbocycles. The molecule has 3 rings (SSSR count). The Morgan fingerprint density at radius 2 is 1.64 bits per heavy atom. The van der Waals surface area contributed by atoms with Gasteiger partial charge in [0, 0.05) is 19.1 Å². The van der Waals surface area contributed by atoms with Crippen LogP contribution in [0.3, 0.4) is 0 Å². The van der Waals surface area contributed by atoms with Crippen LogP contribution in [-0.4, -0.2) is 36.7 Å². The summed E-state index contributed by atoms with van der Waals surface area (Å²) in [4.78, 5) is 2.46. The lowest BCUT2D eigenvalue weighted by Gasteiger charge is -2.34. The van der Waals surface area contributed by atoms with Crippen LogP contribution in [0, 0.1) is 5.92 Å². The van der Waals surface area contributed by atoms with Crippen molar-refractivity contribution in [2.24, 2.45) is 11.7 Å². The number of likely N-dealkylation sites (tertiary alicyclic amines) is 1. The third-order valence-corrected chi connectivity index (χ3v) is 5.74. The Morgan fingerprint density at radius 1 is 1.00 bits per heavy atom. The van der Waals surface area contributed by atoms with E-state index in [4.69, 9.17) is 10.5 Å². The minimum absolute atomic E-state index is 0. The van der Waals surface area contributed by atoms with Gasteiger partial charge in [-0.05, 0) is 75.6 Å². The van der Waals surface area contributed by atoms with E-state index in [1.165, 1.54) is 25.3 Å². The molecule has 0 aromatic heterocycles. The molecule has 1 aliphatic heterocycles. The van der Waals surface area contributed by atoms with Gasteiger partial charge in [0.2, 0.25) is 0 Å². The summed E-state index contributed by atoms with van der Waals surface area (Å²) in [6.07, 6.45) is 3.43. The SMILES string of the molecule is Cl.Cl.NC1CCC(CCN2CCC(Oc3cccc(C(F)(F)F)c3)CC2)CC1. The number of hydrogen-bond acceptors (Lipinski definition) is 3. The van der Waals surface area contributed by atoms with E-state index in [-0.39, 0.29) is 30.9 Å². The molecule has 3 nitrogen and oxygen atoms in total. The van der Waals surface area contributed by atoms with E-state index in [9.17, 15) is 13.2 Å². The van der Waals surface area contributed by atoms with Crippen molar-refractivity contribution in [1.82, 2.24) is 4.90 Å². The van der Waals surface area contributed by atoms with Crippen LogP contribution in [0.1, 0.15) is 50.5 Å². The summed E-state index contributed by atoms with van der Waals surface area (Å²) in [5.41, 5.74) is 5.31. The first-order valence-corrected chi connectivity index (χ1v) is 9.72. The van der Waals surface area contributed by atoms with Crippen molar-refractivity contribution in [3.8, 4) is 5.75 Å². The molecule has 2 fully saturated rings. The molecule has 2 N–H and O–H groups in total. The minimum atomic E-state index is -4.33. The smallest absolute Gasteiger partial charge is 0.416 e. The molecule has 28 heavy (non-hydrogen) atoms. The lowest BCUT2D eigenvalue weighted by Crippen LogP contribution is -2.39. The molecule has 0 atom stereocenters. The zero-order chi connectivity index (χ0) is 18.6. The van der Waals surface area contributed by atoms with Crippen molar-refractivity contribution < 1.29 is 17.9 Å². The molecule has 1 aromatic rings. The van der Waals surface area contributed by atoms with Crippen LogP contribution >= 0.6 is 24.8 Å². The van der Waals surface area contributed by atoms with E-state index >= 15 is 0 Å². The molecular weight excluding hydrogens is 412 g/mol. The van der Waals surface area contributed by atoms with E-state index in [1.54, 1.807) is 6.07 Å². The van der Waals surface area contributed by atoms with Gasteiger partial charge in [0.1, 0.15) is 11.9 Å². The first-order chi connectivity index (χ1) is 12.4. The largest absolute Gasteiger partial charge is 0.490 e. The predicted molar refractivity (Wildman–Crippen MR) is 111 cm³/mol. The number of ether oxygens (including phenoxy) is 1. The minimum Gasteiger partial charge on any atom is -0.490 e. The van der Waals surface area contributed by atoms with Crippen molar-refractivity contribution in [2.75, 3.05) is 19.6 Å². The second kappa shape index (κ2) is 11.5. The first-order valence-electron chi connectivity index (χ1n) is 9.72. The Hall–Kier alpha value is -0.690. The number of rotatable bonds is 5. The molecule has 8 heteroatoms. The molecular formula is C20H31Cl2F3N2O. The fourth-order valence-electron chi connectivity index (χ4n) is 4.03.